The van der Waals surface area contributed by atoms with Gasteiger partial charge in [-0.15, -0.1) is 11.8 Å². The highest BCUT2D eigenvalue weighted by molar-refractivity contribution is 7.99. The Bertz CT molecular complexity index is 1700. The van der Waals surface area contributed by atoms with Crippen LogP contribution in [-0.2, 0) is 21.9 Å². The molecular weight excluding hydrogens is 706 g/mol. The van der Waals surface area contributed by atoms with Crippen LogP contribution in [0.15, 0.2) is 59.5 Å². The molecule has 0 aliphatic heterocycles. The molecule has 0 atom stereocenters. The Labute approximate surface area is 294 Å². The van der Waals surface area contributed by atoms with Gasteiger partial charge in [0.2, 0.25) is 5.91 Å². The molecule has 0 saturated carbocycles. The number of nitrogens with two attached hydrogens (primary N) is 2. The summed E-state index contributed by atoms with van der Waals surface area (Å²) in [5, 5.41) is 9.86. The number of rotatable bonds is 13. The maximum absolute atomic E-state index is 14.0. The van der Waals surface area contributed by atoms with Gasteiger partial charge in [-0.1, -0.05) is 6.07 Å². The second-order valence-corrected chi connectivity index (χ2v) is 13.1. The Balaban J connectivity index is 1.88. The lowest BCUT2D eigenvalue weighted by Gasteiger charge is -2.21. The number of anilines is 4. The van der Waals surface area contributed by atoms with E-state index in [9.17, 15) is 40.7 Å². The highest BCUT2D eigenvalue weighted by Crippen LogP contribution is 2.41. The molecule has 3 rings (SSSR count). The first kappa shape index (κ1) is 40.6. The lowest BCUT2D eigenvalue weighted by Crippen LogP contribution is -2.33. The number of carbonyl (C=O) groups is 3. The average molecular weight is 745 g/mol. The molecule has 3 aromatic rings. The number of alkyl halides is 6. The molecule has 0 aliphatic rings. The number of alkyl carbamates (subject to hydrolysis) is 1. The second-order valence-electron chi connectivity index (χ2n) is 12.0. The number of amides is 4. The summed E-state index contributed by atoms with van der Waals surface area (Å²) >= 11 is 0.954. The molecule has 18 heteroatoms. The normalized spacial score (nSPS) is 11.8. The number of urea groups is 1. The monoisotopic (exact) mass is 744 g/mol. The van der Waals surface area contributed by atoms with E-state index in [0.29, 0.717) is 25.5 Å². The molecule has 0 aliphatic carbocycles. The van der Waals surface area contributed by atoms with Crippen LogP contribution in [0.25, 0.3) is 0 Å². The smallest absolute Gasteiger partial charge is 0.416 e. The quantitative estimate of drug-likeness (QED) is 0.0439. The van der Waals surface area contributed by atoms with E-state index in [1.165, 1.54) is 30.3 Å². The van der Waals surface area contributed by atoms with Crippen molar-refractivity contribution in [2.24, 2.45) is 5.73 Å². The highest BCUT2D eigenvalue weighted by atomic mass is 32.2. The first-order valence-electron chi connectivity index (χ1n) is 15.4. The van der Waals surface area contributed by atoms with Crippen molar-refractivity contribution in [3.05, 3.63) is 65.7 Å². The zero-order chi connectivity index (χ0) is 38.0. The molecule has 0 heterocycles. The number of benzene rings is 3. The first-order chi connectivity index (χ1) is 23.7. The van der Waals surface area contributed by atoms with Crippen LogP contribution in [0.4, 0.5) is 58.7 Å². The number of nitrogen functional groups attached to an aromatic ring is 1. The van der Waals surface area contributed by atoms with Gasteiger partial charge < -0.3 is 42.2 Å². The Hall–Kier alpha value is -4.84. The van der Waals surface area contributed by atoms with Gasteiger partial charge >= 0.3 is 24.5 Å². The summed E-state index contributed by atoms with van der Waals surface area (Å²) in [6.07, 6.45) is -9.39. The van der Waals surface area contributed by atoms with Crippen molar-refractivity contribution < 1.29 is 50.2 Å². The van der Waals surface area contributed by atoms with E-state index >= 15 is 0 Å². The average Bonchev–Trinajstić information content (AvgIpc) is 2.98. The van der Waals surface area contributed by atoms with Crippen LogP contribution >= 0.6 is 11.8 Å². The molecule has 0 spiro atoms. The number of halogens is 6. The molecule has 278 valence electrons. The molecule has 3 aromatic carbocycles. The van der Waals surface area contributed by atoms with Gasteiger partial charge in [-0.3, -0.25) is 4.79 Å². The molecule has 51 heavy (non-hydrogen) atoms. The van der Waals surface area contributed by atoms with Crippen molar-refractivity contribution in [1.82, 2.24) is 5.32 Å². The highest BCUT2D eigenvalue weighted by Gasteiger charge is 2.33. The van der Waals surface area contributed by atoms with Gasteiger partial charge in [-0.25, -0.2) is 9.59 Å². The SMILES string of the molecule is CC(C)(C)OC(=O)NCCSc1c(NC(=O)CCCCN)cc(C(F)(F)F)cc1NC(=O)Nc1cccc(Oc2cc(N)cc(C(F)(F)F)c2)c1. The molecule has 0 bridgehead atoms. The Morgan fingerprint density at radius 1 is 0.804 bits per heavy atom. The summed E-state index contributed by atoms with van der Waals surface area (Å²) in [5.41, 5.74) is 7.44. The third-order valence-corrected chi connectivity index (χ3v) is 7.53. The zero-order valence-corrected chi connectivity index (χ0v) is 28.6. The number of unbranched alkanes of at least 4 members (excludes halogenated alkanes) is 1. The minimum atomic E-state index is -4.87. The summed E-state index contributed by atoms with van der Waals surface area (Å²) in [6, 6.07) is 8.60. The van der Waals surface area contributed by atoms with Crippen molar-refractivity contribution >= 4 is 52.5 Å². The number of nitrogens with one attached hydrogen (secondary N) is 4. The molecule has 8 N–H and O–H groups in total. The predicted octanol–water partition coefficient (Wildman–Crippen LogP) is 8.43. The van der Waals surface area contributed by atoms with Crippen LogP contribution in [0.2, 0.25) is 0 Å². The molecule has 4 amide bonds. The van der Waals surface area contributed by atoms with Crippen molar-refractivity contribution in [2.45, 2.75) is 62.9 Å². The number of hydrogen-bond donors (Lipinski definition) is 6. The van der Waals surface area contributed by atoms with Crippen molar-refractivity contribution in [3.8, 4) is 11.5 Å². The van der Waals surface area contributed by atoms with Crippen LogP contribution in [0.5, 0.6) is 11.5 Å². The third-order valence-electron chi connectivity index (χ3n) is 6.40. The van der Waals surface area contributed by atoms with E-state index in [1.54, 1.807) is 20.8 Å². The fourth-order valence-corrected chi connectivity index (χ4v) is 5.24. The lowest BCUT2D eigenvalue weighted by atomic mass is 10.1. The molecule has 0 saturated heterocycles. The Morgan fingerprint density at radius 3 is 2.08 bits per heavy atom. The maximum Gasteiger partial charge on any atom is 0.416 e. The van der Waals surface area contributed by atoms with Crippen LogP contribution < -0.4 is 37.5 Å². The van der Waals surface area contributed by atoms with E-state index < -0.39 is 47.1 Å². The third kappa shape index (κ3) is 13.8. The van der Waals surface area contributed by atoms with E-state index in [-0.39, 0.29) is 57.9 Å². The van der Waals surface area contributed by atoms with Gasteiger partial charge in [0.05, 0.1) is 27.4 Å². The molecule has 0 aromatic heterocycles. The predicted molar refractivity (Wildman–Crippen MR) is 183 cm³/mol. The number of ether oxygens (including phenoxy) is 2. The molecule has 11 nitrogen and oxygen atoms in total. The number of thioether (sulfide) groups is 1. The molecule has 0 radical (unpaired) electrons. The van der Waals surface area contributed by atoms with Gasteiger partial charge in [-0.2, -0.15) is 26.3 Å². The summed E-state index contributed by atoms with van der Waals surface area (Å²) in [7, 11) is 0. The van der Waals surface area contributed by atoms with Crippen LogP contribution in [0.3, 0.4) is 0 Å². The van der Waals surface area contributed by atoms with E-state index in [1.807, 2.05) is 0 Å². The molecule has 0 unspecified atom stereocenters. The largest absolute Gasteiger partial charge is 0.457 e. The first-order valence-corrected chi connectivity index (χ1v) is 16.4. The summed E-state index contributed by atoms with van der Waals surface area (Å²) in [6.45, 7) is 5.35. The summed E-state index contributed by atoms with van der Waals surface area (Å²) in [4.78, 5) is 38.0. The van der Waals surface area contributed by atoms with Gasteiger partial charge in [-0.05, 0) is 76.6 Å². The van der Waals surface area contributed by atoms with Crippen molar-refractivity contribution in [1.29, 1.82) is 0 Å². The standard InChI is InChI=1S/C33H38F6N6O5S/c1-31(2,3)50-30(48)42-11-12-51-28-25(44-27(46)9-4-5-10-40)15-20(33(37,38)39)16-26(28)45-29(47)43-22-7-6-8-23(18-22)49-24-14-19(32(34,35)36)13-21(41)17-24/h6-8,13-18H,4-5,9-12,40-41H2,1-3H3,(H,42,48)(H,44,46)(H2,43,45,47). The summed E-state index contributed by atoms with van der Waals surface area (Å²) < 4.78 is 92.5. The minimum Gasteiger partial charge on any atom is -0.457 e. The zero-order valence-electron chi connectivity index (χ0n) is 27.8. The minimum absolute atomic E-state index is 0.0129. The van der Waals surface area contributed by atoms with Gasteiger partial charge in [0.1, 0.15) is 17.1 Å². The second kappa shape index (κ2) is 17.4. The van der Waals surface area contributed by atoms with Gasteiger partial charge in [0.15, 0.2) is 0 Å². The van der Waals surface area contributed by atoms with E-state index in [4.69, 9.17) is 20.9 Å². The maximum atomic E-state index is 14.0. The van der Waals surface area contributed by atoms with Gasteiger partial charge in [0.25, 0.3) is 0 Å². The Kier molecular flexibility index (Phi) is 13.8. The molecular formula is C33H38F6N6O5S. The van der Waals surface area contributed by atoms with Crippen molar-refractivity contribution in [3.63, 3.8) is 0 Å². The Morgan fingerprint density at radius 2 is 1.45 bits per heavy atom. The lowest BCUT2D eigenvalue weighted by molar-refractivity contribution is -0.138. The fourth-order valence-electron chi connectivity index (χ4n) is 4.30. The van der Waals surface area contributed by atoms with Crippen molar-refractivity contribution in [2.75, 3.05) is 40.5 Å². The van der Waals surface area contributed by atoms with Crippen LogP contribution in [-0.4, -0.2) is 42.5 Å². The van der Waals surface area contributed by atoms with Gasteiger partial charge in [0, 0.05) is 42.2 Å². The van der Waals surface area contributed by atoms with Crippen LogP contribution in [0, 0.1) is 0 Å². The number of carbonyl (C=O) groups excluding carboxylic acids is 3. The fraction of sp³-hybridized carbons (Fsp3) is 0.364. The van der Waals surface area contributed by atoms with Crippen LogP contribution in [0.1, 0.15) is 51.2 Å². The number of hydrogen-bond acceptors (Lipinski definition) is 8. The van der Waals surface area contributed by atoms with E-state index in [2.05, 4.69) is 21.3 Å². The van der Waals surface area contributed by atoms with E-state index in [0.717, 1.165) is 30.0 Å². The topological polar surface area (TPSA) is 170 Å². The molecule has 0 fully saturated rings. The summed E-state index contributed by atoms with van der Waals surface area (Å²) in [5.74, 6) is -0.699.